The molecule has 1 saturated heterocycles. The quantitative estimate of drug-likeness (QED) is 0.625. The number of carbonyl (C=O) groups is 1. The molecule has 1 aliphatic heterocycles. The number of nitrogens with zero attached hydrogens (tertiary/aromatic N) is 1. The molecule has 2 bridgehead atoms. The summed E-state index contributed by atoms with van der Waals surface area (Å²) in [6, 6.07) is 10.5. The second-order valence-electron chi connectivity index (χ2n) is 7.33. The number of hydrogen-bond acceptors (Lipinski definition) is 3. The fourth-order valence-corrected chi connectivity index (χ4v) is 4.45. The van der Waals surface area contributed by atoms with E-state index in [0.717, 1.165) is 44.5 Å². The van der Waals surface area contributed by atoms with Gasteiger partial charge in [0, 0.05) is 25.0 Å². The number of benzene rings is 1. The largest absolute Gasteiger partial charge is 0.465 e. The Morgan fingerprint density at radius 3 is 2.70 bits per heavy atom. The first-order chi connectivity index (χ1) is 11.0. The summed E-state index contributed by atoms with van der Waals surface area (Å²) in [5, 5.41) is 0. The van der Waals surface area contributed by atoms with Crippen LogP contribution in [0.4, 0.5) is 0 Å². The molecule has 0 radical (unpaired) electrons. The summed E-state index contributed by atoms with van der Waals surface area (Å²) in [5.74, 6) is -0.0753. The van der Waals surface area contributed by atoms with Gasteiger partial charge in [0.1, 0.15) is 5.41 Å². The smallest absolute Gasteiger partial charge is 0.317 e. The topological polar surface area (TPSA) is 29.5 Å². The zero-order valence-corrected chi connectivity index (χ0v) is 14.3. The van der Waals surface area contributed by atoms with Gasteiger partial charge in [0.2, 0.25) is 0 Å². The third-order valence-electron chi connectivity index (χ3n) is 5.62. The SMILES string of the molecule is C=C1[C@@]2(C)CCC[C@]1(C(=O)OCC)CN(Cc1ccccc1)C2. The number of hydrogen-bond donors (Lipinski definition) is 0. The van der Waals surface area contributed by atoms with Gasteiger partial charge in [0.15, 0.2) is 0 Å². The standard InChI is InChI=1S/C20H27NO2/c1-4-23-18(22)20-12-8-11-19(3,16(20)2)14-21(15-20)13-17-9-6-5-7-10-17/h5-7,9-10H,2,4,8,11-15H2,1,3H3/t19-,20-/m0/s1. The molecule has 1 aliphatic carbocycles. The molecule has 0 N–H and O–H groups in total. The predicted octanol–water partition coefficient (Wildman–Crippen LogP) is 3.80. The van der Waals surface area contributed by atoms with Crippen molar-refractivity contribution >= 4 is 5.97 Å². The van der Waals surface area contributed by atoms with Gasteiger partial charge in [0.05, 0.1) is 6.61 Å². The third-order valence-corrected chi connectivity index (χ3v) is 5.62. The van der Waals surface area contributed by atoms with Crippen LogP contribution in [0.15, 0.2) is 42.5 Å². The van der Waals surface area contributed by atoms with Crippen LogP contribution in [0.2, 0.25) is 0 Å². The zero-order valence-electron chi connectivity index (χ0n) is 14.3. The van der Waals surface area contributed by atoms with Crippen LogP contribution in [0.5, 0.6) is 0 Å². The van der Waals surface area contributed by atoms with Gasteiger partial charge in [-0.2, -0.15) is 0 Å². The molecular formula is C20H27NO2. The van der Waals surface area contributed by atoms with Crippen molar-refractivity contribution in [2.45, 2.75) is 39.7 Å². The number of rotatable bonds is 4. The van der Waals surface area contributed by atoms with E-state index in [1.807, 2.05) is 13.0 Å². The van der Waals surface area contributed by atoms with Gasteiger partial charge < -0.3 is 4.74 Å². The van der Waals surface area contributed by atoms with Crippen molar-refractivity contribution in [2.24, 2.45) is 10.8 Å². The molecule has 1 heterocycles. The lowest BCUT2D eigenvalue weighted by Crippen LogP contribution is -2.58. The van der Waals surface area contributed by atoms with Crippen LogP contribution in [0.3, 0.4) is 0 Å². The second kappa shape index (κ2) is 6.12. The molecular weight excluding hydrogens is 286 g/mol. The minimum Gasteiger partial charge on any atom is -0.465 e. The number of likely N-dealkylation sites (tertiary alicyclic amines) is 1. The van der Waals surface area contributed by atoms with Crippen molar-refractivity contribution in [2.75, 3.05) is 19.7 Å². The number of ether oxygens (including phenoxy) is 1. The first-order valence-corrected chi connectivity index (χ1v) is 8.63. The van der Waals surface area contributed by atoms with Gasteiger partial charge in [0.25, 0.3) is 0 Å². The van der Waals surface area contributed by atoms with E-state index in [1.54, 1.807) is 0 Å². The van der Waals surface area contributed by atoms with E-state index in [0.29, 0.717) is 6.61 Å². The normalized spacial score (nSPS) is 31.0. The molecule has 1 saturated carbocycles. The summed E-state index contributed by atoms with van der Waals surface area (Å²) in [6.45, 7) is 11.5. The molecule has 3 nitrogen and oxygen atoms in total. The van der Waals surface area contributed by atoms with Crippen molar-refractivity contribution in [3.63, 3.8) is 0 Å². The zero-order chi connectivity index (χ0) is 16.5. The Labute approximate surface area is 139 Å². The van der Waals surface area contributed by atoms with Crippen LogP contribution in [0.25, 0.3) is 0 Å². The third kappa shape index (κ3) is 2.83. The predicted molar refractivity (Wildman–Crippen MR) is 91.9 cm³/mol. The van der Waals surface area contributed by atoms with E-state index in [-0.39, 0.29) is 11.4 Å². The monoisotopic (exact) mass is 313 g/mol. The fourth-order valence-electron chi connectivity index (χ4n) is 4.45. The van der Waals surface area contributed by atoms with E-state index in [4.69, 9.17) is 4.74 Å². The summed E-state index contributed by atoms with van der Waals surface area (Å²) in [6.07, 6.45) is 3.05. The van der Waals surface area contributed by atoms with Crippen LogP contribution in [0.1, 0.15) is 38.7 Å². The molecule has 23 heavy (non-hydrogen) atoms. The molecule has 124 valence electrons. The summed E-state index contributed by atoms with van der Waals surface area (Å²) in [4.78, 5) is 15.2. The van der Waals surface area contributed by atoms with E-state index in [1.165, 1.54) is 5.56 Å². The van der Waals surface area contributed by atoms with Crippen LogP contribution in [-0.4, -0.2) is 30.6 Å². The molecule has 2 atom stereocenters. The average molecular weight is 313 g/mol. The van der Waals surface area contributed by atoms with E-state index >= 15 is 0 Å². The summed E-state index contributed by atoms with van der Waals surface area (Å²) < 4.78 is 5.45. The summed E-state index contributed by atoms with van der Waals surface area (Å²) >= 11 is 0. The van der Waals surface area contributed by atoms with Gasteiger partial charge in [-0.15, -0.1) is 0 Å². The van der Waals surface area contributed by atoms with Gasteiger partial charge in [-0.1, -0.05) is 55.8 Å². The molecule has 0 spiro atoms. The molecule has 1 aromatic carbocycles. The molecule has 1 aromatic rings. The van der Waals surface area contributed by atoms with Gasteiger partial charge >= 0.3 is 5.97 Å². The van der Waals surface area contributed by atoms with Crippen molar-refractivity contribution in [1.82, 2.24) is 4.90 Å². The first-order valence-electron chi connectivity index (χ1n) is 8.63. The number of esters is 1. The Bertz CT molecular complexity index is 597. The Kier molecular flexibility index (Phi) is 4.33. The Morgan fingerprint density at radius 2 is 2.00 bits per heavy atom. The van der Waals surface area contributed by atoms with Gasteiger partial charge in [-0.25, -0.2) is 0 Å². The Balaban J connectivity index is 1.88. The second-order valence-corrected chi connectivity index (χ2v) is 7.33. The maximum absolute atomic E-state index is 12.8. The highest BCUT2D eigenvalue weighted by molar-refractivity contribution is 5.82. The van der Waals surface area contributed by atoms with Gasteiger partial charge in [-0.05, 0) is 25.3 Å². The van der Waals surface area contributed by atoms with Crippen LogP contribution in [0, 0.1) is 10.8 Å². The highest BCUT2D eigenvalue weighted by Gasteiger charge is 2.56. The molecule has 2 aliphatic rings. The minimum atomic E-state index is -0.518. The summed E-state index contributed by atoms with van der Waals surface area (Å²) in [7, 11) is 0. The lowest BCUT2D eigenvalue weighted by molar-refractivity contribution is -0.160. The lowest BCUT2D eigenvalue weighted by atomic mass is 9.56. The van der Waals surface area contributed by atoms with Crippen LogP contribution >= 0.6 is 0 Å². The molecule has 3 rings (SSSR count). The number of fused-ring (bicyclic) bond motifs is 2. The highest BCUT2D eigenvalue weighted by Crippen LogP contribution is 2.54. The van der Waals surface area contributed by atoms with Crippen LogP contribution < -0.4 is 0 Å². The van der Waals surface area contributed by atoms with E-state index < -0.39 is 5.41 Å². The molecule has 0 aromatic heterocycles. The molecule has 0 amide bonds. The molecule has 3 heteroatoms. The number of carbonyl (C=O) groups excluding carboxylic acids is 1. The van der Waals surface area contributed by atoms with Crippen LogP contribution in [-0.2, 0) is 16.1 Å². The molecule has 0 unspecified atom stereocenters. The lowest BCUT2D eigenvalue weighted by Gasteiger charge is -2.55. The fraction of sp³-hybridized carbons (Fsp3) is 0.550. The minimum absolute atomic E-state index is 0.0119. The van der Waals surface area contributed by atoms with E-state index in [9.17, 15) is 4.79 Å². The maximum atomic E-state index is 12.8. The number of piperidine rings is 1. The summed E-state index contributed by atoms with van der Waals surface area (Å²) in [5.41, 5.74) is 1.88. The first kappa shape index (κ1) is 16.3. The van der Waals surface area contributed by atoms with Gasteiger partial charge in [-0.3, -0.25) is 9.69 Å². The maximum Gasteiger partial charge on any atom is 0.317 e. The van der Waals surface area contributed by atoms with Crippen molar-refractivity contribution in [3.8, 4) is 0 Å². The average Bonchev–Trinajstić information content (AvgIpc) is 2.51. The van der Waals surface area contributed by atoms with Crippen molar-refractivity contribution < 1.29 is 9.53 Å². The van der Waals surface area contributed by atoms with Crippen molar-refractivity contribution in [1.29, 1.82) is 0 Å². The Morgan fingerprint density at radius 1 is 1.26 bits per heavy atom. The van der Waals surface area contributed by atoms with Crippen molar-refractivity contribution in [3.05, 3.63) is 48.0 Å². The van der Waals surface area contributed by atoms with E-state index in [2.05, 4.69) is 42.7 Å². The highest BCUT2D eigenvalue weighted by atomic mass is 16.5. The Hall–Kier alpha value is -1.61. The molecule has 2 fully saturated rings.